The van der Waals surface area contributed by atoms with E-state index in [-0.39, 0.29) is 35.2 Å². The predicted molar refractivity (Wildman–Crippen MR) is 110 cm³/mol. The van der Waals surface area contributed by atoms with Gasteiger partial charge >= 0.3 is 17.6 Å². The second-order valence-corrected chi connectivity index (χ2v) is 7.35. The van der Waals surface area contributed by atoms with Crippen molar-refractivity contribution in [3.63, 3.8) is 0 Å². The number of ether oxygens (including phenoxy) is 3. The van der Waals surface area contributed by atoms with E-state index < -0.39 is 42.2 Å². The molecule has 0 aromatic carbocycles. The fraction of sp³-hybridized carbons (Fsp3) is 0.526. The van der Waals surface area contributed by atoms with Gasteiger partial charge in [-0.3, -0.25) is 14.2 Å². The number of nitrogen functional groups attached to an aromatic ring is 1. The summed E-state index contributed by atoms with van der Waals surface area (Å²) in [5.41, 5.74) is 5.42. The van der Waals surface area contributed by atoms with Crippen LogP contribution in [0.3, 0.4) is 0 Å². The summed E-state index contributed by atoms with van der Waals surface area (Å²) in [4.78, 5) is 44.5. The number of terminal acetylenes is 1. The van der Waals surface area contributed by atoms with Gasteiger partial charge in [-0.1, -0.05) is 24.4 Å². The van der Waals surface area contributed by atoms with Gasteiger partial charge in [-0.25, -0.2) is 9.36 Å². The van der Waals surface area contributed by atoms with E-state index in [1.807, 2.05) is 6.92 Å². The van der Waals surface area contributed by atoms with Gasteiger partial charge in [0.05, 0.1) is 6.54 Å². The number of carbonyl (C=O) groups excluding carboxylic acids is 2. The van der Waals surface area contributed by atoms with Gasteiger partial charge < -0.3 is 19.9 Å². The number of carbonyl (C=O) groups is 2. The fourth-order valence-corrected chi connectivity index (χ4v) is 3.98. The SMILES string of the molecule is C#CCn1c(=O)n([C@@H]2O[C@H](C(CC)OC(C)=O)C[C@H]2OC(C)=O)c2nc(N)nc(Cl)c21. The van der Waals surface area contributed by atoms with Gasteiger partial charge in [-0.15, -0.1) is 6.42 Å². The van der Waals surface area contributed by atoms with Gasteiger partial charge in [0.25, 0.3) is 0 Å². The maximum absolute atomic E-state index is 13.2. The first-order chi connectivity index (χ1) is 14.7. The number of nitrogens with zero attached hydrogens (tertiary/aromatic N) is 4. The summed E-state index contributed by atoms with van der Waals surface area (Å²) in [5.74, 6) is 1.19. The Balaban J connectivity index is 2.15. The molecule has 3 heterocycles. The van der Waals surface area contributed by atoms with E-state index in [0.29, 0.717) is 6.42 Å². The van der Waals surface area contributed by atoms with Crippen molar-refractivity contribution in [3.8, 4) is 12.3 Å². The lowest BCUT2D eigenvalue weighted by atomic mass is 10.1. The van der Waals surface area contributed by atoms with Crippen LogP contribution in [0.4, 0.5) is 5.95 Å². The van der Waals surface area contributed by atoms with Crippen molar-refractivity contribution in [1.29, 1.82) is 0 Å². The molecular weight excluding hydrogens is 430 g/mol. The Morgan fingerprint density at radius 3 is 2.68 bits per heavy atom. The van der Waals surface area contributed by atoms with Crippen LogP contribution in [0, 0.1) is 12.3 Å². The molecule has 4 atom stereocenters. The van der Waals surface area contributed by atoms with Gasteiger partial charge in [-0.2, -0.15) is 9.97 Å². The van der Waals surface area contributed by atoms with Crippen LogP contribution in [-0.4, -0.2) is 49.4 Å². The molecule has 1 saturated heterocycles. The Morgan fingerprint density at radius 1 is 1.39 bits per heavy atom. The third-order valence-electron chi connectivity index (χ3n) is 4.83. The number of imidazole rings is 1. The van der Waals surface area contributed by atoms with Crippen LogP contribution in [0.15, 0.2) is 4.79 Å². The molecule has 3 rings (SSSR count). The van der Waals surface area contributed by atoms with Crippen molar-refractivity contribution in [3.05, 3.63) is 15.6 Å². The van der Waals surface area contributed by atoms with Crippen LogP contribution in [0.2, 0.25) is 5.15 Å². The number of fused-ring (bicyclic) bond motifs is 1. The minimum atomic E-state index is -1.07. The molecule has 0 spiro atoms. The van der Waals surface area contributed by atoms with Crippen LogP contribution >= 0.6 is 11.6 Å². The van der Waals surface area contributed by atoms with E-state index in [1.54, 1.807) is 0 Å². The number of esters is 2. The van der Waals surface area contributed by atoms with Gasteiger partial charge in [-0.05, 0) is 6.42 Å². The highest BCUT2D eigenvalue weighted by Crippen LogP contribution is 2.36. The Labute approximate surface area is 182 Å². The molecule has 12 heteroatoms. The number of anilines is 1. The van der Waals surface area contributed by atoms with E-state index in [2.05, 4.69) is 15.9 Å². The van der Waals surface area contributed by atoms with Gasteiger partial charge in [0.15, 0.2) is 17.0 Å². The van der Waals surface area contributed by atoms with Crippen LogP contribution in [0.25, 0.3) is 11.2 Å². The number of rotatable bonds is 6. The molecule has 0 radical (unpaired) electrons. The lowest BCUT2D eigenvalue weighted by Gasteiger charge is -2.22. The Kier molecular flexibility index (Phi) is 6.52. The largest absolute Gasteiger partial charge is 0.460 e. The number of aromatic nitrogens is 4. The first-order valence-corrected chi connectivity index (χ1v) is 9.92. The van der Waals surface area contributed by atoms with Gasteiger partial charge in [0.1, 0.15) is 23.8 Å². The Morgan fingerprint density at radius 2 is 2.10 bits per heavy atom. The van der Waals surface area contributed by atoms with Crippen molar-refractivity contribution in [2.45, 2.75) is 64.7 Å². The molecule has 1 aliphatic rings. The fourth-order valence-electron chi connectivity index (χ4n) is 3.70. The van der Waals surface area contributed by atoms with Crippen molar-refractivity contribution >= 4 is 40.7 Å². The maximum atomic E-state index is 13.2. The summed E-state index contributed by atoms with van der Waals surface area (Å²) in [5, 5.41) is -0.0569. The molecule has 2 aromatic rings. The van der Waals surface area contributed by atoms with E-state index in [9.17, 15) is 14.4 Å². The van der Waals surface area contributed by atoms with Gasteiger partial charge in [0, 0.05) is 20.3 Å². The van der Waals surface area contributed by atoms with Crippen LogP contribution in [-0.2, 0) is 30.3 Å². The Bertz CT molecular complexity index is 1120. The average molecular weight is 452 g/mol. The van der Waals surface area contributed by atoms with E-state index in [0.717, 1.165) is 0 Å². The van der Waals surface area contributed by atoms with Crippen molar-refractivity contribution in [1.82, 2.24) is 19.1 Å². The molecule has 166 valence electrons. The Hall–Kier alpha value is -3.10. The lowest BCUT2D eigenvalue weighted by molar-refractivity contribution is -0.158. The average Bonchev–Trinajstić information content (AvgIpc) is 3.18. The highest BCUT2D eigenvalue weighted by Gasteiger charge is 2.45. The van der Waals surface area contributed by atoms with E-state index in [1.165, 1.54) is 23.0 Å². The summed E-state index contributed by atoms with van der Waals surface area (Å²) >= 11 is 6.22. The zero-order chi connectivity index (χ0) is 22.9. The zero-order valence-corrected chi connectivity index (χ0v) is 18.0. The summed E-state index contributed by atoms with van der Waals surface area (Å²) in [6.45, 7) is 4.26. The molecule has 1 unspecified atom stereocenters. The second-order valence-electron chi connectivity index (χ2n) is 6.99. The normalized spacial score (nSPS) is 21.6. The summed E-state index contributed by atoms with van der Waals surface area (Å²) in [6, 6.07) is 0. The first kappa shape index (κ1) is 22.6. The van der Waals surface area contributed by atoms with Crippen LogP contribution < -0.4 is 11.4 Å². The quantitative estimate of drug-likeness (QED) is 0.387. The van der Waals surface area contributed by atoms with Crippen LogP contribution in [0.1, 0.15) is 39.8 Å². The zero-order valence-electron chi connectivity index (χ0n) is 17.2. The molecule has 2 N–H and O–H groups in total. The molecular formula is C19H22ClN5O6. The topological polar surface area (TPSA) is 141 Å². The minimum Gasteiger partial charge on any atom is -0.460 e. The number of halogens is 1. The van der Waals surface area contributed by atoms with Gasteiger partial charge in [0.2, 0.25) is 5.95 Å². The lowest BCUT2D eigenvalue weighted by Crippen LogP contribution is -2.34. The molecule has 0 aliphatic carbocycles. The third-order valence-corrected chi connectivity index (χ3v) is 5.09. The number of hydrogen-bond acceptors (Lipinski definition) is 9. The molecule has 0 bridgehead atoms. The smallest absolute Gasteiger partial charge is 0.333 e. The van der Waals surface area contributed by atoms with E-state index in [4.69, 9.17) is 38.0 Å². The molecule has 1 aliphatic heterocycles. The number of nitrogens with two attached hydrogens (primary N) is 1. The summed E-state index contributed by atoms with van der Waals surface area (Å²) in [6.07, 6.45) is 2.90. The van der Waals surface area contributed by atoms with Crippen LogP contribution in [0.5, 0.6) is 0 Å². The number of hydrogen-bond donors (Lipinski definition) is 1. The first-order valence-electron chi connectivity index (χ1n) is 9.55. The molecule has 2 aromatic heterocycles. The molecule has 0 amide bonds. The highest BCUT2D eigenvalue weighted by atomic mass is 35.5. The maximum Gasteiger partial charge on any atom is 0.333 e. The monoisotopic (exact) mass is 451 g/mol. The standard InChI is InChI=1S/C19H22ClN5O6/c1-5-7-24-14-15(20)22-18(21)23-16(14)25(19(24)28)17-13(30-10(4)27)8-12(31-17)11(6-2)29-9(3)26/h1,11-13,17H,6-8H2,2-4H3,(H2,21,22,23)/t11?,12-,13+,17+/m0/s1. The van der Waals surface area contributed by atoms with Crippen molar-refractivity contribution in [2.24, 2.45) is 0 Å². The summed E-state index contributed by atoms with van der Waals surface area (Å²) in [7, 11) is 0. The molecule has 1 fully saturated rings. The summed E-state index contributed by atoms with van der Waals surface area (Å²) < 4.78 is 19.2. The molecule has 11 nitrogen and oxygen atoms in total. The van der Waals surface area contributed by atoms with Crippen molar-refractivity contribution < 1.29 is 23.8 Å². The third kappa shape index (κ3) is 4.35. The van der Waals surface area contributed by atoms with E-state index >= 15 is 0 Å². The second kappa shape index (κ2) is 8.95. The van der Waals surface area contributed by atoms with Crippen molar-refractivity contribution in [2.75, 3.05) is 5.73 Å². The highest BCUT2D eigenvalue weighted by molar-refractivity contribution is 6.33. The predicted octanol–water partition coefficient (Wildman–Crippen LogP) is 1.02. The molecule has 0 saturated carbocycles. The molecule has 31 heavy (non-hydrogen) atoms. The minimum absolute atomic E-state index is 0.0569.